The highest BCUT2D eigenvalue weighted by Gasteiger charge is 2.40. The highest BCUT2D eigenvalue weighted by atomic mass is 32.2. The first-order chi connectivity index (χ1) is 12.8. The average molecular weight is 384 g/mol. The number of amides is 1. The van der Waals surface area contributed by atoms with E-state index in [1.165, 1.54) is 13.0 Å². The van der Waals surface area contributed by atoms with Crippen LogP contribution in [0.1, 0.15) is 12.5 Å². The van der Waals surface area contributed by atoms with Gasteiger partial charge in [0.25, 0.3) is 10.0 Å². The number of nitrogens with one attached hydrogen (secondary N) is 1. The number of carbonyl (C=O) groups excluding carboxylic acids is 1. The van der Waals surface area contributed by atoms with Crippen LogP contribution < -0.4 is 9.62 Å². The van der Waals surface area contributed by atoms with Crippen molar-refractivity contribution in [1.29, 1.82) is 0 Å². The van der Waals surface area contributed by atoms with E-state index < -0.39 is 27.8 Å². The minimum absolute atomic E-state index is 0.191. The molecule has 0 aliphatic carbocycles. The predicted octanol–water partition coefficient (Wildman–Crippen LogP) is 3.82. The van der Waals surface area contributed by atoms with E-state index in [1.54, 1.807) is 43.3 Å². The Kier molecular flexibility index (Phi) is 3.92. The van der Waals surface area contributed by atoms with Gasteiger partial charge in [-0.1, -0.05) is 30.3 Å². The summed E-state index contributed by atoms with van der Waals surface area (Å²) >= 11 is 0. The van der Waals surface area contributed by atoms with Crippen molar-refractivity contribution in [2.45, 2.75) is 24.8 Å². The van der Waals surface area contributed by atoms with Crippen molar-refractivity contribution in [1.82, 2.24) is 0 Å². The summed E-state index contributed by atoms with van der Waals surface area (Å²) < 4.78 is 41.0. The maximum absolute atomic E-state index is 13.7. The van der Waals surface area contributed by atoms with Crippen molar-refractivity contribution in [3.05, 3.63) is 66.0 Å². The van der Waals surface area contributed by atoms with Crippen molar-refractivity contribution in [3.63, 3.8) is 0 Å². The van der Waals surface area contributed by atoms with E-state index in [4.69, 9.17) is 0 Å². The van der Waals surface area contributed by atoms with Gasteiger partial charge in [-0.3, -0.25) is 9.10 Å². The smallest absolute Gasteiger partial charge is 0.265 e. The van der Waals surface area contributed by atoms with Crippen LogP contribution in [0, 0.1) is 12.7 Å². The third-order valence-corrected chi connectivity index (χ3v) is 6.72. The van der Waals surface area contributed by atoms with Crippen LogP contribution in [-0.4, -0.2) is 20.4 Å². The zero-order valence-electron chi connectivity index (χ0n) is 14.7. The van der Waals surface area contributed by atoms with Crippen LogP contribution in [0.3, 0.4) is 0 Å². The highest BCUT2D eigenvalue weighted by Crippen LogP contribution is 2.43. The van der Waals surface area contributed by atoms with Crippen molar-refractivity contribution in [2.24, 2.45) is 0 Å². The molecule has 0 unspecified atom stereocenters. The quantitative estimate of drug-likeness (QED) is 0.746. The molecule has 7 heteroatoms. The van der Waals surface area contributed by atoms with E-state index in [9.17, 15) is 17.6 Å². The fourth-order valence-corrected chi connectivity index (χ4v) is 5.23. The molecule has 1 amide bonds. The number of sulfonamides is 1. The Morgan fingerprint density at radius 2 is 1.81 bits per heavy atom. The number of rotatable bonds is 3. The zero-order valence-corrected chi connectivity index (χ0v) is 15.5. The zero-order chi connectivity index (χ0) is 19.3. The van der Waals surface area contributed by atoms with Gasteiger partial charge < -0.3 is 5.32 Å². The molecule has 0 saturated carbocycles. The average Bonchev–Trinajstić information content (AvgIpc) is 2.87. The predicted molar refractivity (Wildman–Crippen MR) is 103 cm³/mol. The summed E-state index contributed by atoms with van der Waals surface area (Å²) in [5.41, 5.74) is 1.22. The molecule has 1 atom stereocenters. The molecule has 0 radical (unpaired) electrons. The van der Waals surface area contributed by atoms with Gasteiger partial charge in [0.05, 0.1) is 10.6 Å². The molecule has 4 rings (SSSR count). The number of benzene rings is 3. The van der Waals surface area contributed by atoms with Crippen molar-refractivity contribution >= 4 is 38.1 Å². The molecule has 0 fully saturated rings. The van der Waals surface area contributed by atoms with Crippen molar-refractivity contribution in [2.75, 3.05) is 9.62 Å². The van der Waals surface area contributed by atoms with E-state index >= 15 is 0 Å². The van der Waals surface area contributed by atoms with Gasteiger partial charge in [-0.2, -0.15) is 0 Å². The lowest BCUT2D eigenvalue weighted by Gasteiger charge is -2.25. The maximum atomic E-state index is 13.7. The van der Waals surface area contributed by atoms with Crippen LogP contribution in [0.25, 0.3) is 10.8 Å². The molecule has 1 heterocycles. The summed E-state index contributed by atoms with van der Waals surface area (Å²) in [6.45, 7) is 3.14. The lowest BCUT2D eigenvalue weighted by Crippen LogP contribution is -2.44. The van der Waals surface area contributed by atoms with E-state index in [2.05, 4.69) is 5.32 Å². The van der Waals surface area contributed by atoms with Crippen LogP contribution in [0.15, 0.2) is 59.5 Å². The standard InChI is InChI=1S/C20H17FN2O3S/c1-12-9-10-15(11-16(12)21)22-20(24)13(2)23-17-7-3-5-14-6-4-8-18(19(14)17)27(23,25)26/h3-11,13H,1-2H3,(H,22,24)/t13-/m1/s1. The monoisotopic (exact) mass is 384 g/mol. The van der Waals surface area contributed by atoms with Gasteiger partial charge in [-0.25, -0.2) is 12.8 Å². The second-order valence-electron chi connectivity index (χ2n) is 6.56. The number of anilines is 2. The molecule has 0 bridgehead atoms. The summed E-state index contributed by atoms with van der Waals surface area (Å²) in [6, 6.07) is 13.7. The van der Waals surface area contributed by atoms with E-state index in [1.807, 2.05) is 12.1 Å². The summed E-state index contributed by atoms with van der Waals surface area (Å²) in [5.74, 6) is -0.974. The van der Waals surface area contributed by atoms with Crippen LogP contribution in [0.4, 0.5) is 15.8 Å². The number of aryl methyl sites for hydroxylation is 1. The molecule has 0 spiro atoms. The van der Waals surface area contributed by atoms with Crippen molar-refractivity contribution < 1.29 is 17.6 Å². The SMILES string of the molecule is Cc1ccc(NC(=O)[C@@H](C)N2c3cccc4cccc(c34)S2(=O)=O)cc1F. The van der Waals surface area contributed by atoms with Gasteiger partial charge in [0.1, 0.15) is 11.9 Å². The summed E-state index contributed by atoms with van der Waals surface area (Å²) in [5, 5.41) is 4.01. The van der Waals surface area contributed by atoms with Gasteiger partial charge >= 0.3 is 0 Å². The summed E-state index contributed by atoms with van der Waals surface area (Å²) in [4.78, 5) is 12.9. The van der Waals surface area contributed by atoms with Crippen LogP contribution in [0.2, 0.25) is 0 Å². The molecule has 3 aromatic rings. The Bertz CT molecular complexity index is 1190. The highest BCUT2D eigenvalue weighted by molar-refractivity contribution is 7.93. The summed E-state index contributed by atoms with van der Waals surface area (Å²) in [6.07, 6.45) is 0. The minimum atomic E-state index is -3.85. The van der Waals surface area contributed by atoms with E-state index in [0.29, 0.717) is 16.6 Å². The summed E-state index contributed by atoms with van der Waals surface area (Å²) in [7, 11) is -3.85. The first-order valence-electron chi connectivity index (χ1n) is 8.44. The van der Waals surface area contributed by atoms with Crippen LogP contribution in [-0.2, 0) is 14.8 Å². The maximum Gasteiger partial charge on any atom is 0.265 e. The number of carbonyl (C=O) groups is 1. The molecule has 0 aromatic heterocycles. The second-order valence-corrected chi connectivity index (χ2v) is 8.34. The Hall–Kier alpha value is -2.93. The first-order valence-corrected chi connectivity index (χ1v) is 9.88. The Morgan fingerprint density at radius 3 is 2.52 bits per heavy atom. The molecular formula is C20H17FN2O3S. The number of hydrogen-bond acceptors (Lipinski definition) is 3. The molecule has 138 valence electrons. The fourth-order valence-electron chi connectivity index (χ4n) is 3.36. The third-order valence-electron chi connectivity index (χ3n) is 4.79. The third kappa shape index (κ3) is 2.66. The van der Waals surface area contributed by atoms with E-state index in [-0.39, 0.29) is 10.6 Å². The molecule has 1 aliphatic rings. The van der Waals surface area contributed by atoms with Gasteiger partial charge in [-0.15, -0.1) is 0 Å². The van der Waals surface area contributed by atoms with Gasteiger partial charge in [-0.05, 0) is 49.1 Å². The topological polar surface area (TPSA) is 66.5 Å². The van der Waals surface area contributed by atoms with Crippen LogP contribution in [0.5, 0.6) is 0 Å². The first kappa shape index (κ1) is 17.5. The fraction of sp³-hybridized carbons (Fsp3) is 0.150. The lowest BCUT2D eigenvalue weighted by molar-refractivity contribution is -0.116. The second kappa shape index (κ2) is 6.06. The Balaban J connectivity index is 1.72. The van der Waals surface area contributed by atoms with Gasteiger partial charge in [0, 0.05) is 11.1 Å². The number of hydrogen-bond donors (Lipinski definition) is 1. The van der Waals surface area contributed by atoms with Crippen molar-refractivity contribution in [3.8, 4) is 0 Å². The number of halogens is 1. The van der Waals surface area contributed by atoms with Gasteiger partial charge in [0.15, 0.2) is 0 Å². The van der Waals surface area contributed by atoms with E-state index in [0.717, 1.165) is 9.69 Å². The molecule has 1 N–H and O–H groups in total. The van der Waals surface area contributed by atoms with Crippen LogP contribution >= 0.6 is 0 Å². The normalized spacial score (nSPS) is 15.7. The number of nitrogens with zero attached hydrogens (tertiary/aromatic N) is 1. The largest absolute Gasteiger partial charge is 0.324 e. The molecule has 1 aliphatic heterocycles. The molecule has 0 saturated heterocycles. The Labute approximate surface area is 156 Å². The molecular weight excluding hydrogens is 367 g/mol. The minimum Gasteiger partial charge on any atom is -0.324 e. The molecule has 3 aromatic carbocycles. The van der Waals surface area contributed by atoms with Gasteiger partial charge in [0.2, 0.25) is 5.91 Å². The molecule has 27 heavy (non-hydrogen) atoms. The Morgan fingerprint density at radius 1 is 1.11 bits per heavy atom. The molecule has 5 nitrogen and oxygen atoms in total. The lowest BCUT2D eigenvalue weighted by atomic mass is 10.1.